The van der Waals surface area contributed by atoms with Gasteiger partial charge in [0.1, 0.15) is 0 Å². The summed E-state index contributed by atoms with van der Waals surface area (Å²) < 4.78 is 0. The van der Waals surface area contributed by atoms with Gasteiger partial charge in [-0.3, -0.25) is 0 Å². The Morgan fingerprint density at radius 3 is 2.40 bits per heavy atom. The normalized spacial score (nSPS) is 47.8. The second-order valence-corrected chi connectivity index (χ2v) is 13.1. The summed E-state index contributed by atoms with van der Waals surface area (Å²) >= 11 is 0. The third kappa shape index (κ3) is 3.54. The van der Waals surface area contributed by atoms with Gasteiger partial charge in [0.15, 0.2) is 0 Å². The second-order valence-electron chi connectivity index (χ2n) is 13.1. The van der Waals surface area contributed by atoms with E-state index in [0.717, 1.165) is 47.8 Å². The molecule has 0 aliphatic heterocycles. The molecule has 30 heavy (non-hydrogen) atoms. The van der Waals surface area contributed by atoms with Gasteiger partial charge in [-0.05, 0) is 97.2 Å². The van der Waals surface area contributed by atoms with Crippen LogP contribution < -0.4 is 0 Å². The van der Waals surface area contributed by atoms with Crippen molar-refractivity contribution in [3.8, 4) is 0 Å². The summed E-state index contributed by atoms with van der Waals surface area (Å²) in [6.07, 6.45) is 14.7. The summed E-state index contributed by atoms with van der Waals surface area (Å²) in [6.45, 7) is 17.4. The summed E-state index contributed by atoms with van der Waals surface area (Å²) in [4.78, 5) is 0. The Morgan fingerprint density at radius 2 is 1.70 bits per heavy atom. The van der Waals surface area contributed by atoms with E-state index in [1.165, 1.54) is 51.4 Å². The highest BCUT2D eigenvalue weighted by Gasteiger charge is 2.59. The molecule has 0 saturated heterocycles. The molecule has 4 aliphatic carbocycles. The smallest absolute Gasteiger partial charge is 0.0603 e. The minimum Gasteiger partial charge on any atom is -0.393 e. The fourth-order valence-electron chi connectivity index (χ4n) is 9.09. The topological polar surface area (TPSA) is 20.2 Å². The molecule has 4 aliphatic rings. The fraction of sp³-hybridized carbons (Fsp3) is 0.931. The molecule has 10 atom stereocenters. The molecule has 0 heterocycles. The molecule has 3 saturated carbocycles. The summed E-state index contributed by atoms with van der Waals surface area (Å²) in [5.74, 6) is 6.56. The van der Waals surface area contributed by atoms with Crippen LogP contribution in [0.25, 0.3) is 0 Å². The van der Waals surface area contributed by atoms with Crippen LogP contribution in [0.1, 0.15) is 106 Å². The standard InChI is InChI=1S/C29H50O/c1-18(2)19(3)8-9-20(4)23-12-13-25-22-10-11-24-21(5)27(30)15-17-29(24,7)26(22)14-16-28(23,25)6/h11,18-23,25-27,30H,8-10,12-17H2,1-7H3. The van der Waals surface area contributed by atoms with E-state index >= 15 is 0 Å². The molecule has 0 amide bonds. The fourth-order valence-corrected chi connectivity index (χ4v) is 9.09. The molecule has 1 N–H and O–H groups in total. The van der Waals surface area contributed by atoms with Gasteiger partial charge in [-0.1, -0.05) is 73.0 Å². The Balaban J connectivity index is 1.51. The predicted octanol–water partition coefficient (Wildman–Crippen LogP) is 7.88. The van der Waals surface area contributed by atoms with Crippen molar-refractivity contribution in [3.63, 3.8) is 0 Å². The van der Waals surface area contributed by atoms with E-state index in [4.69, 9.17) is 0 Å². The van der Waals surface area contributed by atoms with Gasteiger partial charge in [-0.25, -0.2) is 0 Å². The summed E-state index contributed by atoms with van der Waals surface area (Å²) in [5, 5.41) is 10.5. The molecule has 4 rings (SSSR count). The van der Waals surface area contributed by atoms with Crippen LogP contribution in [-0.2, 0) is 0 Å². The average molecular weight is 415 g/mol. The highest BCUT2D eigenvalue weighted by atomic mass is 16.3. The van der Waals surface area contributed by atoms with Crippen LogP contribution in [-0.4, -0.2) is 11.2 Å². The van der Waals surface area contributed by atoms with Gasteiger partial charge < -0.3 is 5.11 Å². The average Bonchev–Trinajstić information content (AvgIpc) is 3.06. The first-order valence-corrected chi connectivity index (χ1v) is 13.5. The maximum absolute atomic E-state index is 10.5. The first-order chi connectivity index (χ1) is 14.1. The van der Waals surface area contributed by atoms with Crippen LogP contribution in [0.5, 0.6) is 0 Å². The van der Waals surface area contributed by atoms with Gasteiger partial charge in [0, 0.05) is 5.92 Å². The molecule has 0 aromatic rings. The largest absolute Gasteiger partial charge is 0.393 e. The summed E-state index contributed by atoms with van der Waals surface area (Å²) in [5.41, 5.74) is 2.55. The van der Waals surface area contributed by atoms with Gasteiger partial charge in [0.05, 0.1) is 6.10 Å². The highest BCUT2D eigenvalue weighted by Crippen LogP contribution is 2.67. The van der Waals surface area contributed by atoms with Crippen LogP contribution in [0.3, 0.4) is 0 Å². The van der Waals surface area contributed by atoms with Gasteiger partial charge in [0.2, 0.25) is 0 Å². The number of fused-ring (bicyclic) bond motifs is 5. The molecule has 172 valence electrons. The molecule has 0 aromatic carbocycles. The van der Waals surface area contributed by atoms with E-state index in [1.807, 2.05) is 0 Å². The van der Waals surface area contributed by atoms with Crippen molar-refractivity contribution in [3.05, 3.63) is 11.6 Å². The Bertz CT molecular complexity index is 649. The number of rotatable bonds is 5. The Labute approximate surface area is 187 Å². The van der Waals surface area contributed by atoms with Crippen LogP contribution in [0.4, 0.5) is 0 Å². The van der Waals surface area contributed by atoms with E-state index in [2.05, 4.69) is 54.5 Å². The van der Waals surface area contributed by atoms with Crippen LogP contribution in [0.15, 0.2) is 11.6 Å². The Kier molecular flexibility index (Phi) is 6.28. The zero-order valence-corrected chi connectivity index (χ0v) is 21.1. The maximum Gasteiger partial charge on any atom is 0.0603 e. The number of hydrogen-bond donors (Lipinski definition) is 1. The number of hydrogen-bond acceptors (Lipinski definition) is 1. The van der Waals surface area contributed by atoms with E-state index in [-0.39, 0.29) is 6.10 Å². The minimum absolute atomic E-state index is 0.111. The zero-order valence-electron chi connectivity index (χ0n) is 21.1. The molecule has 0 bridgehead atoms. The van der Waals surface area contributed by atoms with E-state index < -0.39 is 0 Å². The number of aliphatic hydroxyl groups is 1. The molecular formula is C29H50O. The van der Waals surface area contributed by atoms with Crippen molar-refractivity contribution < 1.29 is 5.11 Å². The lowest BCUT2D eigenvalue weighted by atomic mass is 9.46. The molecule has 1 heteroatoms. The lowest BCUT2D eigenvalue weighted by Crippen LogP contribution is -2.52. The van der Waals surface area contributed by atoms with Crippen LogP contribution >= 0.6 is 0 Å². The molecule has 3 fully saturated rings. The lowest BCUT2D eigenvalue weighted by molar-refractivity contribution is -0.0646. The molecule has 0 radical (unpaired) electrons. The predicted molar refractivity (Wildman–Crippen MR) is 128 cm³/mol. The molecule has 10 unspecified atom stereocenters. The van der Waals surface area contributed by atoms with Gasteiger partial charge >= 0.3 is 0 Å². The molecule has 0 aromatic heterocycles. The highest BCUT2D eigenvalue weighted by molar-refractivity contribution is 5.27. The second kappa shape index (κ2) is 8.24. The molecule has 1 nitrogen and oxygen atoms in total. The molecular weight excluding hydrogens is 364 g/mol. The quantitative estimate of drug-likeness (QED) is 0.454. The lowest BCUT2D eigenvalue weighted by Gasteiger charge is -2.59. The Morgan fingerprint density at radius 1 is 0.967 bits per heavy atom. The zero-order chi connectivity index (χ0) is 21.8. The Hall–Kier alpha value is -0.300. The van der Waals surface area contributed by atoms with E-state index in [9.17, 15) is 5.11 Å². The van der Waals surface area contributed by atoms with Gasteiger partial charge in [-0.15, -0.1) is 0 Å². The maximum atomic E-state index is 10.5. The summed E-state index contributed by atoms with van der Waals surface area (Å²) in [7, 11) is 0. The van der Waals surface area contributed by atoms with Crippen molar-refractivity contribution in [2.75, 3.05) is 0 Å². The van der Waals surface area contributed by atoms with Crippen molar-refractivity contribution in [1.82, 2.24) is 0 Å². The van der Waals surface area contributed by atoms with E-state index in [1.54, 1.807) is 5.57 Å². The van der Waals surface area contributed by atoms with Crippen molar-refractivity contribution in [1.29, 1.82) is 0 Å². The van der Waals surface area contributed by atoms with Crippen molar-refractivity contribution in [2.24, 2.45) is 58.2 Å². The first-order valence-electron chi connectivity index (χ1n) is 13.5. The molecule has 0 spiro atoms. The first kappa shape index (κ1) is 22.9. The number of allylic oxidation sites excluding steroid dienone is 1. The van der Waals surface area contributed by atoms with Gasteiger partial charge in [-0.2, -0.15) is 0 Å². The van der Waals surface area contributed by atoms with E-state index in [0.29, 0.717) is 16.7 Å². The summed E-state index contributed by atoms with van der Waals surface area (Å²) in [6, 6.07) is 0. The van der Waals surface area contributed by atoms with Gasteiger partial charge in [0.25, 0.3) is 0 Å². The van der Waals surface area contributed by atoms with Crippen LogP contribution in [0, 0.1) is 58.2 Å². The monoisotopic (exact) mass is 414 g/mol. The third-order valence-electron chi connectivity index (χ3n) is 11.5. The van der Waals surface area contributed by atoms with Crippen molar-refractivity contribution in [2.45, 2.75) is 112 Å². The minimum atomic E-state index is -0.111. The van der Waals surface area contributed by atoms with Crippen molar-refractivity contribution >= 4 is 0 Å². The SMILES string of the molecule is CC(C)C(C)CCC(C)C1CCC2C3CC=C4C(C)C(O)CCC4(C)C3CCC12C. The number of aliphatic hydroxyl groups excluding tert-OH is 1. The van der Waals surface area contributed by atoms with Crippen LogP contribution in [0.2, 0.25) is 0 Å². The third-order valence-corrected chi connectivity index (χ3v) is 11.5.